The van der Waals surface area contributed by atoms with E-state index in [1.807, 2.05) is 24.3 Å². The van der Waals surface area contributed by atoms with E-state index in [0.717, 1.165) is 14.0 Å². The Bertz CT molecular complexity index is 422. The predicted octanol–water partition coefficient (Wildman–Crippen LogP) is 4.70. The number of hydrogen-bond donors (Lipinski definition) is 0. The molecule has 0 saturated carbocycles. The van der Waals surface area contributed by atoms with Crippen LogP contribution in [0.5, 0.6) is 0 Å². The third kappa shape index (κ3) is 2.64. The van der Waals surface area contributed by atoms with Crippen LogP contribution in [-0.2, 0) is 5.21 Å². The quantitative estimate of drug-likeness (QED) is 0.726. The molecule has 0 aliphatic rings. The molecule has 0 bridgehead atoms. The van der Waals surface area contributed by atoms with Gasteiger partial charge in [0.15, 0.2) is 0 Å². The Morgan fingerprint density at radius 1 is 0.688 bits per heavy atom. The molecule has 0 saturated heterocycles. The van der Waals surface area contributed by atoms with Crippen LogP contribution in [0.15, 0.2) is 57.5 Å². The summed E-state index contributed by atoms with van der Waals surface area (Å²) in [6, 6.07) is 14.5. The Balaban J connectivity index is 2.28. The number of hydrogen-bond acceptors (Lipinski definition) is 1. The van der Waals surface area contributed by atoms with Crippen LogP contribution in [0.25, 0.3) is 0 Å². The van der Waals surface area contributed by atoms with Gasteiger partial charge in [-0.1, -0.05) is 37.1 Å². The van der Waals surface area contributed by atoms with Crippen LogP contribution in [0.4, 0.5) is 11.4 Å². The molecule has 1 radical (unpaired) electrons. The highest BCUT2D eigenvalue weighted by Crippen LogP contribution is 2.26. The Labute approximate surface area is 111 Å². The van der Waals surface area contributed by atoms with E-state index < -0.39 is 0 Å². The largest absolute Gasteiger partial charge is 0.188 e. The van der Waals surface area contributed by atoms with Crippen molar-refractivity contribution in [2.45, 2.75) is 0 Å². The van der Waals surface area contributed by atoms with Gasteiger partial charge in [0.05, 0.1) is 11.4 Å². The average Bonchev–Trinajstić information content (AvgIpc) is 2.30. The fraction of sp³-hybridized carbons (Fsp3) is 0. The molecule has 0 N–H and O–H groups in total. The third-order valence-corrected chi connectivity index (χ3v) is 3.18. The molecule has 0 unspecified atom stereocenters. The Hall–Kier alpha value is -0.840. The average molecular weight is 342 g/mol. The zero-order chi connectivity index (χ0) is 11.5. The van der Waals surface area contributed by atoms with Gasteiger partial charge < -0.3 is 0 Å². The van der Waals surface area contributed by atoms with E-state index in [-0.39, 0.29) is 0 Å². The summed E-state index contributed by atoms with van der Waals surface area (Å²) in [7, 11) is 0. The van der Waals surface area contributed by atoms with Gasteiger partial charge in [-0.05, 0) is 48.5 Å². The molecule has 0 fully saturated rings. The van der Waals surface area contributed by atoms with E-state index in [4.69, 9.17) is 0 Å². The molecule has 0 spiro atoms. The molecule has 16 heavy (non-hydrogen) atoms. The van der Waals surface area contributed by atoms with Gasteiger partial charge in [-0.25, -0.2) is 0 Å². The molecule has 0 aliphatic heterocycles. The molecule has 81 valence electrons. The molecule has 2 nitrogen and oxygen atoms in total. The smallest absolute Gasteiger partial charge is 0.0727 e. The van der Waals surface area contributed by atoms with Crippen molar-refractivity contribution < 1.29 is 5.21 Å². The molecular formula is C12H8Br2NO. The maximum atomic E-state index is 12.0. The summed E-state index contributed by atoms with van der Waals surface area (Å²) in [4.78, 5) is 0. The Morgan fingerprint density at radius 3 is 1.31 bits per heavy atom. The van der Waals surface area contributed by atoms with Crippen molar-refractivity contribution in [1.29, 1.82) is 0 Å². The zero-order valence-electron chi connectivity index (χ0n) is 8.23. The lowest BCUT2D eigenvalue weighted by Crippen LogP contribution is -2.07. The minimum absolute atomic E-state index is 0.616. The lowest BCUT2D eigenvalue weighted by Gasteiger charge is -2.14. The first kappa shape index (κ1) is 11.6. The maximum Gasteiger partial charge on any atom is 0.0727 e. The maximum absolute atomic E-state index is 12.0. The van der Waals surface area contributed by atoms with E-state index in [2.05, 4.69) is 31.9 Å². The fourth-order valence-corrected chi connectivity index (χ4v) is 1.83. The minimum Gasteiger partial charge on any atom is -0.188 e. The van der Waals surface area contributed by atoms with E-state index in [1.165, 1.54) is 0 Å². The molecule has 4 heteroatoms. The molecule has 2 aromatic carbocycles. The van der Waals surface area contributed by atoms with Gasteiger partial charge in [-0.3, -0.25) is 0 Å². The van der Waals surface area contributed by atoms with Gasteiger partial charge in [0.25, 0.3) is 0 Å². The summed E-state index contributed by atoms with van der Waals surface area (Å²) in [6.07, 6.45) is 0. The van der Waals surface area contributed by atoms with Gasteiger partial charge in [-0.2, -0.15) is 5.06 Å². The second-order valence-corrected chi connectivity index (χ2v) is 5.08. The van der Waals surface area contributed by atoms with Crippen molar-refractivity contribution in [3.63, 3.8) is 0 Å². The summed E-state index contributed by atoms with van der Waals surface area (Å²) in [5.41, 5.74) is 1.23. The third-order valence-electron chi connectivity index (χ3n) is 2.12. The SMILES string of the molecule is [O]N(c1ccc(Br)cc1)c1ccc(Br)cc1. The van der Waals surface area contributed by atoms with E-state index in [1.54, 1.807) is 24.3 Å². The van der Waals surface area contributed by atoms with Gasteiger partial charge in [0.2, 0.25) is 0 Å². The van der Waals surface area contributed by atoms with Crippen molar-refractivity contribution in [2.24, 2.45) is 0 Å². The summed E-state index contributed by atoms with van der Waals surface area (Å²) >= 11 is 6.67. The van der Waals surface area contributed by atoms with Gasteiger partial charge in [-0.15, -0.1) is 0 Å². The normalized spacial score (nSPS) is 10.2. The first-order valence-corrected chi connectivity index (χ1v) is 6.24. The Morgan fingerprint density at radius 2 is 1.00 bits per heavy atom. The number of rotatable bonds is 2. The highest BCUT2D eigenvalue weighted by molar-refractivity contribution is 9.10. The van der Waals surface area contributed by atoms with Crippen molar-refractivity contribution in [3.8, 4) is 0 Å². The number of anilines is 2. The molecule has 0 aromatic heterocycles. The van der Waals surface area contributed by atoms with Crippen LogP contribution in [0.1, 0.15) is 0 Å². The first-order valence-electron chi connectivity index (χ1n) is 4.65. The lowest BCUT2D eigenvalue weighted by molar-refractivity contribution is 0.196. The summed E-state index contributed by atoms with van der Waals surface area (Å²) in [5, 5.41) is 12.9. The summed E-state index contributed by atoms with van der Waals surface area (Å²) < 4.78 is 1.92. The van der Waals surface area contributed by atoms with Gasteiger partial charge >= 0.3 is 0 Å². The second-order valence-electron chi connectivity index (χ2n) is 3.25. The predicted molar refractivity (Wildman–Crippen MR) is 71.1 cm³/mol. The van der Waals surface area contributed by atoms with Crippen molar-refractivity contribution in [1.82, 2.24) is 0 Å². The molecule has 2 rings (SSSR count). The zero-order valence-corrected chi connectivity index (χ0v) is 11.4. The van der Waals surface area contributed by atoms with Crippen LogP contribution in [0, 0.1) is 0 Å². The van der Waals surface area contributed by atoms with Gasteiger partial charge in [0.1, 0.15) is 0 Å². The van der Waals surface area contributed by atoms with Crippen LogP contribution < -0.4 is 5.06 Å². The highest BCUT2D eigenvalue weighted by atomic mass is 79.9. The molecule has 2 aromatic rings. The van der Waals surface area contributed by atoms with Crippen molar-refractivity contribution in [2.75, 3.05) is 5.06 Å². The Kier molecular flexibility index (Phi) is 3.63. The topological polar surface area (TPSA) is 23.1 Å². The summed E-state index contributed by atoms with van der Waals surface area (Å²) in [6.45, 7) is 0. The van der Waals surface area contributed by atoms with Crippen molar-refractivity contribution >= 4 is 43.2 Å². The van der Waals surface area contributed by atoms with Crippen LogP contribution in [0.2, 0.25) is 0 Å². The minimum atomic E-state index is 0.616. The molecular weight excluding hydrogens is 334 g/mol. The van der Waals surface area contributed by atoms with E-state index in [0.29, 0.717) is 11.4 Å². The lowest BCUT2D eigenvalue weighted by atomic mass is 10.2. The van der Waals surface area contributed by atoms with Crippen molar-refractivity contribution in [3.05, 3.63) is 57.5 Å². The monoisotopic (exact) mass is 340 g/mol. The second kappa shape index (κ2) is 4.99. The highest BCUT2D eigenvalue weighted by Gasteiger charge is 2.06. The standard InChI is InChI=1S/C12H8Br2NO/c13-9-1-5-11(6-2-9)15(16)12-7-3-10(14)4-8-12/h1-8H. The molecule has 0 heterocycles. The number of benzene rings is 2. The first-order chi connectivity index (χ1) is 7.66. The van der Waals surface area contributed by atoms with Crippen LogP contribution in [0.3, 0.4) is 0 Å². The van der Waals surface area contributed by atoms with Gasteiger partial charge in [0, 0.05) is 8.95 Å². The van der Waals surface area contributed by atoms with Crippen LogP contribution in [-0.4, -0.2) is 0 Å². The number of nitrogens with zero attached hydrogens (tertiary/aromatic N) is 1. The van der Waals surface area contributed by atoms with E-state index >= 15 is 0 Å². The van der Waals surface area contributed by atoms with Crippen LogP contribution >= 0.6 is 31.9 Å². The summed E-state index contributed by atoms with van der Waals surface area (Å²) in [5.74, 6) is 0. The molecule has 0 aliphatic carbocycles. The fourth-order valence-electron chi connectivity index (χ4n) is 1.30. The van der Waals surface area contributed by atoms with E-state index in [9.17, 15) is 5.21 Å². The molecule has 0 atom stereocenters. The number of halogens is 2. The molecule has 0 amide bonds.